The fourth-order valence-electron chi connectivity index (χ4n) is 3.35. The summed E-state index contributed by atoms with van der Waals surface area (Å²) < 4.78 is 12.7. The molecule has 0 fully saturated rings. The summed E-state index contributed by atoms with van der Waals surface area (Å²) in [5, 5.41) is 3.40. The van der Waals surface area contributed by atoms with Gasteiger partial charge < -0.3 is 19.4 Å². The van der Waals surface area contributed by atoms with Crippen molar-refractivity contribution < 1.29 is 28.7 Å². The normalized spacial score (nSPS) is 11.3. The van der Waals surface area contributed by atoms with Gasteiger partial charge in [0.05, 0.1) is 47.0 Å². The summed E-state index contributed by atoms with van der Waals surface area (Å²) in [4.78, 5) is 54.8. The Kier molecular flexibility index (Phi) is 10.6. The van der Waals surface area contributed by atoms with Crippen LogP contribution >= 0.6 is 46.0 Å². The highest BCUT2D eigenvalue weighted by molar-refractivity contribution is 8.00. The first kappa shape index (κ1) is 29.4. The summed E-state index contributed by atoms with van der Waals surface area (Å²) in [6.07, 6.45) is 5.48. The molecule has 9 nitrogen and oxygen atoms in total. The van der Waals surface area contributed by atoms with Gasteiger partial charge in [-0.2, -0.15) is 4.99 Å². The van der Waals surface area contributed by atoms with Gasteiger partial charge in [0.1, 0.15) is 9.88 Å². The van der Waals surface area contributed by atoms with E-state index in [4.69, 9.17) is 27.5 Å². The number of nitrogens with one attached hydrogen (secondary N) is 1. The van der Waals surface area contributed by atoms with E-state index in [1.165, 1.54) is 11.3 Å². The Balaban J connectivity index is 1.70. The number of nitrogens with zero attached hydrogens (tertiary/aromatic N) is 2. The molecule has 0 aliphatic heterocycles. The van der Waals surface area contributed by atoms with Gasteiger partial charge in [-0.15, -0.1) is 29.5 Å². The quantitative estimate of drug-likeness (QED) is 0.271. The SMILES string of the molecule is C#CCn1c(=NC(=O)CSCC(=O)Nc2sc(C(=O)OCC)c(C)c2C(=O)OCC)sc2cc(Cl)ccc21. The first-order chi connectivity index (χ1) is 18.2. The molecule has 0 bridgehead atoms. The molecule has 1 N–H and O–H groups in total. The fraction of sp³-hybridized carbons (Fsp3) is 0.320. The zero-order valence-corrected chi connectivity index (χ0v) is 24.0. The van der Waals surface area contributed by atoms with E-state index in [-0.39, 0.29) is 46.7 Å². The van der Waals surface area contributed by atoms with E-state index >= 15 is 0 Å². The molecule has 3 rings (SSSR count). The number of terminal acetylenes is 1. The molecule has 0 aliphatic carbocycles. The number of hydrogen-bond acceptors (Lipinski definition) is 9. The number of thiophene rings is 1. The number of aromatic nitrogens is 1. The molecule has 0 saturated carbocycles. The number of benzene rings is 1. The number of carbonyl (C=O) groups is 4. The van der Waals surface area contributed by atoms with Crippen molar-refractivity contribution in [2.45, 2.75) is 27.3 Å². The maximum absolute atomic E-state index is 12.6. The third-order valence-corrected chi connectivity index (χ3v) is 8.29. The predicted octanol–water partition coefficient (Wildman–Crippen LogP) is 4.51. The van der Waals surface area contributed by atoms with Crippen LogP contribution in [-0.4, -0.2) is 53.0 Å². The van der Waals surface area contributed by atoms with E-state index in [0.29, 0.717) is 15.4 Å². The topological polar surface area (TPSA) is 116 Å². The summed E-state index contributed by atoms with van der Waals surface area (Å²) in [6.45, 7) is 5.46. The summed E-state index contributed by atoms with van der Waals surface area (Å²) in [5.74, 6) is 0.288. The molecule has 0 aliphatic rings. The van der Waals surface area contributed by atoms with Gasteiger partial charge in [0.25, 0.3) is 5.91 Å². The summed E-state index contributed by atoms with van der Waals surface area (Å²) in [5.41, 5.74) is 1.29. The lowest BCUT2D eigenvalue weighted by Gasteiger charge is -2.06. The van der Waals surface area contributed by atoms with E-state index in [0.717, 1.165) is 33.3 Å². The first-order valence-corrected chi connectivity index (χ1v) is 14.5. The van der Waals surface area contributed by atoms with Crippen LogP contribution in [0.15, 0.2) is 23.2 Å². The summed E-state index contributed by atoms with van der Waals surface area (Å²) in [7, 11) is 0. The molecule has 2 heterocycles. The van der Waals surface area contributed by atoms with Crippen LogP contribution < -0.4 is 10.1 Å². The third kappa shape index (κ3) is 7.05. The van der Waals surface area contributed by atoms with Gasteiger partial charge >= 0.3 is 11.9 Å². The van der Waals surface area contributed by atoms with Gasteiger partial charge in [-0.1, -0.05) is 28.9 Å². The molecular weight excluding hydrogens is 570 g/mol. The molecule has 13 heteroatoms. The highest BCUT2D eigenvalue weighted by atomic mass is 35.5. The number of amides is 2. The van der Waals surface area contributed by atoms with Crippen molar-refractivity contribution in [3.63, 3.8) is 0 Å². The minimum Gasteiger partial charge on any atom is -0.462 e. The van der Waals surface area contributed by atoms with Crippen LogP contribution in [0, 0.1) is 19.3 Å². The Morgan fingerprint density at radius 3 is 2.53 bits per heavy atom. The smallest absolute Gasteiger partial charge is 0.348 e. The minimum absolute atomic E-state index is 0.0548. The van der Waals surface area contributed by atoms with Crippen molar-refractivity contribution in [2.75, 3.05) is 30.0 Å². The molecule has 0 radical (unpaired) electrons. The number of thioether (sulfide) groups is 1. The summed E-state index contributed by atoms with van der Waals surface area (Å²) in [6, 6.07) is 5.33. The molecule has 0 atom stereocenters. The maximum Gasteiger partial charge on any atom is 0.348 e. The fourth-order valence-corrected chi connectivity index (χ4v) is 6.38. The number of esters is 2. The van der Waals surface area contributed by atoms with E-state index in [9.17, 15) is 19.2 Å². The van der Waals surface area contributed by atoms with Gasteiger partial charge in [-0.05, 0) is 44.5 Å². The zero-order chi connectivity index (χ0) is 27.8. The van der Waals surface area contributed by atoms with Crippen molar-refractivity contribution in [1.29, 1.82) is 0 Å². The number of halogens is 1. The molecule has 0 unspecified atom stereocenters. The van der Waals surface area contributed by atoms with Crippen LogP contribution in [0.3, 0.4) is 0 Å². The lowest BCUT2D eigenvalue weighted by Crippen LogP contribution is -2.19. The highest BCUT2D eigenvalue weighted by Gasteiger charge is 2.27. The van der Waals surface area contributed by atoms with Crippen molar-refractivity contribution >= 4 is 85.0 Å². The number of thiazole rings is 1. The monoisotopic (exact) mass is 593 g/mol. The maximum atomic E-state index is 12.6. The van der Waals surface area contributed by atoms with E-state index in [2.05, 4.69) is 16.2 Å². The van der Waals surface area contributed by atoms with Gasteiger partial charge in [0, 0.05) is 5.02 Å². The van der Waals surface area contributed by atoms with Crippen LogP contribution in [0.4, 0.5) is 5.00 Å². The van der Waals surface area contributed by atoms with Crippen molar-refractivity contribution in [1.82, 2.24) is 4.57 Å². The molecule has 0 spiro atoms. The summed E-state index contributed by atoms with van der Waals surface area (Å²) >= 11 is 9.36. The zero-order valence-electron chi connectivity index (χ0n) is 20.8. The molecular formula is C25H24ClN3O6S3. The number of hydrogen-bond donors (Lipinski definition) is 1. The van der Waals surface area contributed by atoms with Crippen LogP contribution in [0.25, 0.3) is 10.2 Å². The molecule has 200 valence electrons. The third-order valence-electron chi connectivity index (χ3n) is 4.91. The highest BCUT2D eigenvalue weighted by Crippen LogP contribution is 2.34. The van der Waals surface area contributed by atoms with Crippen LogP contribution in [-0.2, 0) is 25.6 Å². The number of anilines is 1. The molecule has 1 aromatic carbocycles. The second-order valence-corrected chi connectivity index (χ2v) is 11.0. The van der Waals surface area contributed by atoms with Gasteiger partial charge in [0.2, 0.25) is 5.91 Å². The van der Waals surface area contributed by atoms with Gasteiger partial charge in [-0.3, -0.25) is 9.59 Å². The van der Waals surface area contributed by atoms with E-state index in [1.807, 2.05) is 6.07 Å². The number of rotatable bonds is 10. The Morgan fingerprint density at radius 2 is 1.84 bits per heavy atom. The lowest BCUT2D eigenvalue weighted by molar-refractivity contribution is -0.115. The predicted molar refractivity (Wildman–Crippen MR) is 151 cm³/mol. The molecule has 38 heavy (non-hydrogen) atoms. The van der Waals surface area contributed by atoms with Gasteiger partial charge in [-0.25, -0.2) is 9.59 Å². The Morgan fingerprint density at radius 1 is 1.13 bits per heavy atom. The van der Waals surface area contributed by atoms with Crippen LogP contribution in [0.1, 0.15) is 39.4 Å². The van der Waals surface area contributed by atoms with Crippen molar-refractivity contribution in [3.05, 3.63) is 44.0 Å². The Hall–Kier alpha value is -3.11. The minimum atomic E-state index is -0.654. The largest absolute Gasteiger partial charge is 0.462 e. The number of carbonyl (C=O) groups excluding carboxylic acids is 4. The van der Waals surface area contributed by atoms with Gasteiger partial charge in [0.15, 0.2) is 4.80 Å². The average molecular weight is 594 g/mol. The average Bonchev–Trinajstić information content (AvgIpc) is 3.35. The van der Waals surface area contributed by atoms with Crippen molar-refractivity contribution in [2.24, 2.45) is 4.99 Å². The Bertz CT molecular complexity index is 1500. The second kappa shape index (κ2) is 13.6. The van der Waals surface area contributed by atoms with Crippen LogP contribution in [0.5, 0.6) is 0 Å². The van der Waals surface area contributed by atoms with E-state index in [1.54, 1.807) is 37.5 Å². The molecule has 3 aromatic rings. The first-order valence-electron chi connectivity index (χ1n) is 11.3. The molecule has 0 saturated heterocycles. The van der Waals surface area contributed by atoms with Crippen molar-refractivity contribution in [3.8, 4) is 12.3 Å². The molecule has 2 aromatic heterocycles. The Labute approximate surface area is 236 Å². The number of ether oxygens (including phenoxy) is 2. The van der Waals surface area contributed by atoms with Crippen LogP contribution in [0.2, 0.25) is 5.02 Å². The lowest BCUT2D eigenvalue weighted by atomic mass is 10.1. The standard InChI is InChI=1S/C25H24ClN3O6S3/c1-5-10-29-16-9-8-15(26)11-17(16)37-25(29)28-19(31)13-36-12-18(30)27-22-20(23(32)34-6-2)14(4)21(38-22)24(33)35-7-3/h1,8-9,11H,6-7,10,12-13H2,2-4H3,(H,27,30). The molecule has 2 amide bonds. The second-order valence-electron chi connectivity index (χ2n) is 7.53. The number of fused-ring (bicyclic) bond motifs is 1. The van der Waals surface area contributed by atoms with E-state index < -0.39 is 23.8 Å².